The normalized spacial score (nSPS) is 10.9. The number of amides is 1. The molecule has 0 saturated carbocycles. The van der Waals surface area contributed by atoms with Crippen LogP contribution in [0, 0.1) is 25.2 Å². The zero-order valence-corrected chi connectivity index (χ0v) is 17.3. The van der Waals surface area contributed by atoms with Gasteiger partial charge in [-0.15, -0.1) is 0 Å². The second-order valence-corrected chi connectivity index (χ2v) is 6.71. The van der Waals surface area contributed by atoms with E-state index in [1.54, 1.807) is 19.2 Å². The van der Waals surface area contributed by atoms with Crippen LogP contribution in [0.25, 0.3) is 6.08 Å². The second-order valence-electron chi connectivity index (χ2n) is 5.86. The molecule has 0 heterocycles. The molecule has 5 nitrogen and oxygen atoms in total. The molecule has 0 aliphatic heterocycles. The highest BCUT2D eigenvalue weighted by Gasteiger charge is 2.15. The fraction of sp³-hybridized carbons (Fsp3) is 0.238. The number of hydrogen-bond donors (Lipinski definition) is 1. The molecule has 2 aromatic rings. The maximum Gasteiger partial charge on any atom is 0.266 e. The van der Waals surface area contributed by atoms with Crippen LogP contribution in [0.4, 0.5) is 5.69 Å². The van der Waals surface area contributed by atoms with Crippen LogP contribution in [-0.2, 0) is 4.79 Å². The summed E-state index contributed by atoms with van der Waals surface area (Å²) >= 11 is 3.43. The molecule has 0 unspecified atom stereocenters. The van der Waals surface area contributed by atoms with Crippen molar-refractivity contribution in [3.8, 4) is 17.6 Å². The van der Waals surface area contributed by atoms with Crippen molar-refractivity contribution in [2.75, 3.05) is 19.0 Å². The lowest BCUT2D eigenvalue weighted by atomic mass is 10.1. The second kappa shape index (κ2) is 9.24. The molecule has 2 rings (SSSR count). The molecule has 0 aliphatic carbocycles. The standard InChI is InChI=1S/C21H21BrN2O3/c1-5-27-18-11-15(10-17(22)20(18)26-4)9-16(12-23)21(25)24-19-13(2)7-6-8-14(19)3/h6-11H,5H2,1-4H3,(H,24,25)/b16-9+. The highest BCUT2D eigenvalue weighted by Crippen LogP contribution is 2.37. The van der Waals surface area contributed by atoms with Crippen molar-refractivity contribution in [2.45, 2.75) is 20.8 Å². The summed E-state index contributed by atoms with van der Waals surface area (Å²) in [6, 6.07) is 11.2. The number of nitrogens with one attached hydrogen (secondary N) is 1. The van der Waals surface area contributed by atoms with Gasteiger partial charge in [0.25, 0.3) is 5.91 Å². The van der Waals surface area contributed by atoms with E-state index in [-0.39, 0.29) is 5.57 Å². The molecule has 0 atom stereocenters. The lowest BCUT2D eigenvalue weighted by molar-refractivity contribution is -0.112. The third-order valence-electron chi connectivity index (χ3n) is 3.93. The van der Waals surface area contributed by atoms with Gasteiger partial charge in [0.2, 0.25) is 0 Å². The summed E-state index contributed by atoms with van der Waals surface area (Å²) in [6.07, 6.45) is 1.52. The number of methoxy groups -OCH3 is 1. The van der Waals surface area contributed by atoms with E-state index in [2.05, 4.69) is 21.2 Å². The van der Waals surface area contributed by atoms with E-state index in [1.807, 2.05) is 45.0 Å². The fourth-order valence-electron chi connectivity index (χ4n) is 2.64. The number of benzene rings is 2. The molecule has 2 aromatic carbocycles. The molecule has 1 N–H and O–H groups in total. The van der Waals surface area contributed by atoms with Gasteiger partial charge < -0.3 is 14.8 Å². The molecule has 0 aromatic heterocycles. The minimum Gasteiger partial charge on any atom is -0.492 e. The van der Waals surface area contributed by atoms with Crippen LogP contribution in [0.15, 0.2) is 40.4 Å². The highest BCUT2D eigenvalue weighted by atomic mass is 79.9. The Bertz CT molecular complexity index is 910. The van der Waals surface area contributed by atoms with Gasteiger partial charge in [-0.3, -0.25) is 4.79 Å². The van der Waals surface area contributed by atoms with E-state index >= 15 is 0 Å². The largest absolute Gasteiger partial charge is 0.492 e. The molecular weight excluding hydrogens is 408 g/mol. The number of ether oxygens (including phenoxy) is 2. The molecule has 0 aliphatic rings. The van der Waals surface area contributed by atoms with E-state index in [1.165, 1.54) is 6.08 Å². The Kier molecular flexibility index (Phi) is 7.03. The first kappa shape index (κ1) is 20.5. The Balaban J connectivity index is 2.38. The number of para-hydroxylation sites is 1. The number of rotatable bonds is 6. The summed E-state index contributed by atoms with van der Waals surface area (Å²) in [5, 5.41) is 12.3. The van der Waals surface area contributed by atoms with Crippen molar-refractivity contribution in [2.24, 2.45) is 0 Å². The monoisotopic (exact) mass is 428 g/mol. The summed E-state index contributed by atoms with van der Waals surface area (Å²) in [4.78, 5) is 12.6. The number of carbonyl (C=O) groups excluding carboxylic acids is 1. The molecule has 6 heteroatoms. The molecule has 0 fully saturated rings. The third-order valence-corrected chi connectivity index (χ3v) is 4.52. The molecule has 0 saturated heterocycles. The van der Waals surface area contributed by atoms with Gasteiger partial charge in [0.05, 0.1) is 18.2 Å². The first-order valence-corrected chi connectivity index (χ1v) is 9.20. The van der Waals surface area contributed by atoms with Crippen LogP contribution in [0.3, 0.4) is 0 Å². The minimum absolute atomic E-state index is 0.00262. The van der Waals surface area contributed by atoms with E-state index < -0.39 is 5.91 Å². The van der Waals surface area contributed by atoms with Gasteiger partial charge in [0.1, 0.15) is 11.6 Å². The third kappa shape index (κ3) is 4.89. The number of hydrogen-bond acceptors (Lipinski definition) is 4. The maximum atomic E-state index is 12.6. The average molecular weight is 429 g/mol. The fourth-order valence-corrected chi connectivity index (χ4v) is 3.26. The average Bonchev–Trinajstić information content (AvgIpc) is 2.63. The van der Waals surface area contributed by atoms with Gasteiger partial charge in [-0.25, -0.2) is 0 Å². The minimum atomic E-state index is -0.459. The maximum absolute atomic E-state index is 12.6. The van der Waals surface area contributed by atoms with Gasteiger partial charge in [-0.05, 0) is 71.6 Å². The van der Waals surface area contributed by atoms with Crippen LogP contribution in [0.5, 0.6) is 11.5 Å². The SMILES string of the molecule is CCOc1cc(/C=C(\C#N)C(=O)Nc2c(C)cccc2C)cc(Br)c1OC. The van der Waals surface area contributed by atoms with Gasteiger partial charge in [-0.2, -0.15) is 5.26 Å². The highest BCUT2D eigenvalue weighted by molar-refractivity contribution is 9.10. The quantitative estimate of drug-likeness (QED) is 0.517. The summed E-state index contributed by atoms with van der Waals surface area (Å²) < 4.78 is 11.6. The summed E-state index contributed by atoms with van der Waals surface area (Å²) in [7, 11) is 1.55. The van der Waals surface area contributed by atoms with E-state index in [9.17, 15) is 10.1 Å². The van der Waals surface area contributed by atoms with Crippen molar-refractivity contribution in [3.05, 3.63) is 57.1 Å². The van der Waals surface area contributed by atoms with Crippen molar-refractivity contribution in [3.63, 3.8) is 0 Å². The van der Waals surface area contributed by atoms with Crippen molar-refractivity contribution >= 4 is 33.6 Å². The first-order chi connectivity index (χ1) is 12.9. The molecule has 0 spiro atoms. The molecule has 27 heavy (non-hydrogen) atoms. The van der Waals surface area contributed by atoms with Gasteiger partial charge >= 0.3 is 0 Å². The molecule has 0 radical (unpaired) electrons. The van der Waals surface area contributed by atoms with Gasteiger partial charge in [0, 0.05) is 5.69 Å². The number of carbonyl (C=O) groups is 1. The predicted octanol–water partition coefficient (Wildman–Crippen LogP) is 5.02. The number of nitriles is 1. The zero-order chi connectivity index (χ0) is 20.0. The van der Waals surface area contributed by atoms with E-state index in [0.29, 0.717) is 28.1 Å². The summed E-state index contributed by atoms with van der Waals surface area (Å²) in [5.74, 6) is 0.639. The van der Waals surface area contributed by atoms with Crippen LogP contribution < -0.4 is 14.8 Å². The van der Waals surface area contributed by atoms with Gasteiger partial charge in [0.15, 0.2) is 11.5 Å². The van der Waals surface area contributed by atoms with Gasteiger partial charge in [-0.1, -0.05) is 18.2 Å². The van der Waals surface area contributed by atoms with Crippen molar-refractivity contribution < 1.29 is 14.3 Å². The Labute approximate surface area is 167 Å². The lowest BCUT2D eigenvalue weighted by Crippen LogP contribution is -2.15. The van der Waals surface area contributed by atoms with Crippen molar-refractivity contribution in [1.82, 2.24) is 0 Å². The number of halogens is 1. The van der Waals surface area contributed by atoms with Crippen LogP contribution >= 0.6 is 15.9 Å². The molecular formula is C21H21BrN2O3. The zero-order valence-electron chi connectivity index (χ0n) is 15.7. The number of aryl methyl sites for hydroxylation is 2. The van der Waals surface area contributed by atoms with Crippen LogP contribution in [0.1, 0.15) is 23.6 Å². The molecule has 0 bridgehead atoms. The Hall–Kier alpha value is -2.78. The molecule has 1 amide bonds. The summed E-state index contributed by atoms with van der Waals surface area (Å²) in [6.45, 7) is 6.16. The van der Waals surface area contributed by atoms with Crippen LogP contribution in [0.2, 0.25) is 0 Å². The van der Waals surface area contributed by atoms with Crippen LogP contribution in [-0.4, -0.2) is 19.6 Å². The predicted molar refractivity (Wildman–Crippen MR) is 110 cm³/mol. The Morgan fingerprint density at radius 1 is 1.30 bits per heavy atom. The Morgan fingerprint density at radius 3 is 2.52 bits per heavy atom. The smallest absolute Gasteiger partial charge is 0.266 e. The number of anilines is 1. The lowest BCUT2D eigenvalue weighted by Gasteiger charge is -2.13. The van der Waals surface area contributed by atoms with E-state index in [4.69, 9.17) is 9.47 Å². The number of nitrogens with zero attached hydrogens (tertiary/aromatic N) is 1. The summed E-state index contributed by atoms with van der Waals surface area (Å²) in [5.41, 5.74) is 3.24. The molecule has 140 valence electrons. The van der Waals surface area contributed by atoms with Crippen molar-refractivity contribution in [1.29, 1.82) is 5.26 Å². The Morgan fingerprint density at radius 2 is 1.96 bits per heavy atom. The first-order valence-electron chi connectivity index (χ1n) is 8.41. The van der Waals surface area contributed by atoms with E-state index in [0.717, 1.165) is 16.8 Å². The topological polar surface area (TPSA) is 71.3 Å².